The lowest BCUT2D eigenvalue weighted by Gasteiger charge is -2.15. The van der Waals surface area contributed by atoms with Crippen LogP contribution in [0.3, 0.4) is 0 Å². The third kappa shape index (κ3) is 2.68. The van der Waals surface area contributed by atoms with Crippen LogP contribution >= 0.6 is 0 Å². The molecule has 154 valence electrons. The van der Waals surface area contributed by atoms with E-state index in [-0.39, 0.29) is 11.7 Å². The number of imidazole rings is 1. The van der Waals surface area contributed by atoms with E-state index in [0.717, 1.165) is 74.0 Å². The van der Waals surface area contributed by atoms with Crippen molar-refractivity contribution < 1.29 is 4.52 Å². The van der Waals surface area contributed by atoms with Crippen LogP contribution in [-0.4, -0.2) is 19.7 Å². The van der Waals surface area contributed by atoms with Crippen LogP contribution in [0.5, 0.6) is 0 Å². The van der Waals surface area contributed by atoms with E-state index in [2.05, 4.69) is 46.3 Å². The number of aromatic nitrogens is 4. The summed E-state index contributed by atoms with van der Waals surface area (Å²) in [6, 6.07) is 12.7. The highest BCUT2D eigenvalue weighted by Gasteiger charge is 2.29. The molecule has 0 radical (unpaired) electrons. The van der Waals surface area contributed by atoms with Crippen molar-refractivity contribution in [1.82, 2.24) is 19.7 Å². The molecule has 0 atom stereocenters. The fraction of sp³-hybridized carbons (Fsp3) is 0.240. The van der Waals surface area contributed by atoms with E-state index < -0.39 is 0 Å². The van der Waals surface area contributed by atoms with Crippen LogP contribution in [0.1, 0.15) is 35.9 Å². The zero-order chi connectivity index (χ0) is 21.3. The molecule has 3 aromatic heterocycles. The Balaban J connectivity index is 1.78. The van der Waals surface area contributed by atoms with Gasteiger partial charge in [-0.05, 0) is 74.6 Å². The number of benzene rings is 2. The van der Waals surface area contributed by atoms with Crippen molar-refractivity contribution in [2.24, 2.45) is 0 Å². The average Bonchev–Trinajstić information content (AvgIpc) is 3.45. The summed E-state index contributed by atoms with van der Waals surface area (Å²) in [5.74, 6) is 0.767. The van der Waals surface area contributed by atoms with E-state index in [1.54, 1.807) is 0 Å². The number of nitrogens with zero attached hydrogens (tertiary/aromatic N) is 3. The standard InChI is InChI=1S/C25H22N4O2/c1-13-6-9-20-18(5-4-10-26-20)22(13)19-11-16(23-14(2)28-31-15(23)3)12-21-24(19)29(17-7-8-17)25(30)27-21/h4-6,9-12,17H,7-8H2,1-3H3,(H,27,30). The molecular weight excluding hydrogens is 388 g/mol. The number of hydrogen-bond donors (Lipinski definition) is 1. The van der Waals surface area contributed by atoms with Crippen molar-refractivity contribution in [3.63, 3.8) is 0 Å². The fourth-order valence-corrected chi connectivity index (χ4v) is 4.80. The third-order valence-corrected chi connectivity index (χ3v) is 6.31. The highest BCUT2D eigenvalue weighted by Crippen LogP contribution is 2.43. The second-order valence-electron chi connectivity index (χ2n) is 8.48. The molecule has 31 heavy (non-hydrogen) atoms. The van der Waals surface area contributed by atoms with E-state index >= 15 is 0 Å². The molecule has 6 rings (SSSR count). The molecule has 1 aliphatic carbocycles. The lowest BCUT2D eigenvalue weighted by Crippen LogP contribution is -2.15. The number of aryl methyl sites for hydroxylation is 3. The molecule has 2 aromatic carbocycles. The molecule has 5 aromatic rings. The number of H-pyrrole nitrogens is 1. The first-order chi connectivity index (χ1) is 15.0. The van der Waals surface area contributed by atoms with Crippen molar-refractivity contribution in [2.75, 3.05) is 0 Å². The summed E-state index contributed by atoms with van der Waals surface area (Å²) in [5, 5.41) is 5.22. The number of fused-ring (bicyclic) bond motifs is 2. The quantitative estimate of drug-likeness (QED) is 0.428. The first-order valence-electron chi connectivity index (χ1n) is 10.6. The predicted molar refractivity (Wildman–Crippen MR) is 121 cm³/mol. The van der Waals surface area contributed by atoms with Gasteiger partial charge in [-0.2, -0.15) is 0 Å². The highest BCUT2D eigenvalue weighted by molar-refractivity contribution is 6.05. The number of rotatable bonds is 3. The molecule has 0 amide bonds. The Morgan fingerprint density at radius 1 is 1.10 bits per heavy atom. The molecule has 0 aliphatic heterocycles. The lowest BCUT2D eigenvalue weighted by molar-refractivity contribution is 0.393. The normalized spacial score (nSPS) is 14.0. The van der Waals surface area contributed by atoms with Gasteiger partial charge in [0.2, 0.25) is 0 Å². The Hall–Kier alpha value is -3.67. The number of nitrogens with one attached hydrogen (secondary N) is 1. The van der Waals surface area contributed by atoms with Crippen molar-refractivity contribution in [3.05, 3.63) is 70.1 Å². The zero-order valence-electron chi connectivity index (χ0n) is 17.7. The van der Waals surface area contributed by atoms with Crippen molar-refractivity contribution in [2.45, 2.75) is 39.7 Å². The molecule has 1 aliphatic rings. The summed E-state index contributed by atoms with van der Waals surface area (Å²) < 4.78 is 7.38. The Morgan fingerprint density at radius 2 is 1.94 bits per heavy atom. The second-order valence-corrected chi connectivity index (χ2v) is 8.48. The highest BCUT2D eigenvalue weighted by atomic mass is 16.5. The molecule has 1 fully saturated rings. The van der Waals surface area contributed by atoms with Gasteiger partial charge in [0.15, 0.2) is 0 Å². The molecule has 6 heteroatoms. The molecule has 1 saturated carbocycles. The minimum Gasteiger partial charge on any atom is -0.361 e. The van der Waals surface area contributed by atoms with Crippen molar-refractivity contribution in [3.8, 4) is 22.3 Å². The molecule has 0 unspecified atom stereocenters. The number of hydrogen-bond acceptors (Lipinski definition) is 4. The summed E-state index contributed by atoms with van der Waals surface area (Å²) in [6.07, 6.45) is 3.88. The number of pyridine rings is 1. The Morgan fingerprint density at radius 3 is 2.68 bits per heavy atom. The molecule has 0 bridgehead atoms. The van der Waals surface area contributed by atoms with E-state index in [0.29, 0.717) is 0 Å². The fourth-order valence-electron chi connectivity index (χ4n) is 4.80. The second kappa shape index (κ2) is 6.41. The third-order valence-electron chi connectivity index (χ3n) is 6.31. The summed E-state index contributed by atoms with van der Waals surface area (Å²) in [6.45, 7) is 5.98. The van der Waals surface area contributed by atoms with E-state index in [1.807, 2.05) is 36.7 Å². The Bertz CT molecular complexity index is 1530. The van der Waals surface area contributed by atoms with E-state index in [4.69, 9.17) is 4.52 Å². The van der Waals surface area contributed by atoms with Crippen LogP contribution in [0.15, 0.2) is 51.9 Å². The van der Waals surface area contributed by atoms with Gasteiger partial charge in [-0.3, -0.25) is 9.55 Å². The van der Waals surface area contributed by atoms with Gasteiger partial charge in [-0.25, -0.2) is 4.79 Å². The predicted octanol–water partition coefficient (Wildman–Crippen LogP) is 5.46. The summed E-state index contributed by atoms with van der Waals surface area (Å²) >= 11 is 0. The van der Waals surface area contributed by atoms with E-state index in [1.165, 1.54) is 0 Å². The first kappa shape index (κ1) is 18.1. The van der Waals surface area contributed by atoms with Crippen LogP contribution in [0.25, 0.3) is 44.2 Å². The maximum Gasteiger partial charge on any atom is 0.326 e. The minimum absolute atomic E-state index is 0.0503. The Labute approximate surface area is 178 Å². The van der Waals surface area contributed by atoms with Gasteiger partial charge in [0.25, 0.3) is 0 Å². The van der Waals surface area contributed by atoms with Crippen LogP contribution in [0.2, 0.25) is 0 Å². The Kier molecular flexibility index (Phi) is 3.75. The molecule has 0 saturated heterocycles. The largest absolute Gasteiger partial charge is 0.361 e. The zero-order valence-corrected chi connectivity index (χ0v) is 17.7. The number of aromatic amines is 1. The van der Waals surface area contributed by atoms with Gasteiger partial charge in [-0.15, -0.1) is 0 Å². The van der Waals surface area contributed by atoms with Gasteiger partial charge in [0, 0.05) is 28.8 Å². The minimum atomic E-state index is -0.0503. The first-order valence-corrected chi connectivity index (χ1v) is 10.6. The average molecular weight is 410 g/mol. The van der Waals surface area contributed by atoms with Crippen molar-refractivity contribution >= 4 is 21.9 Å². The molecule has 3 heterocycles. The summed E-state index contributed by atoms with van der Waals surface area (Å²) in [7, 11) is 0. The van der Waals surface area contributed by atoms with Crippen LogP contribution < -0.4 is 5.69 Å². The maximum atomic E-state index is 12.9. The van der Waals surface area contributed by atoms with Gasteiger partial charge in [0.05, 0.1) is 22.2 Å². The smallest absolute Gasteiger partial charge is 0.326 e. The van der Waals surface area contributed by atoms with Gasteiger partial charge >= 0.3 is 5.69 Å². The van der Waals surface area contributed by atoms with Crippen LogP contribution in [-0.2, 0) is 0 Å². The molecule has 0 spiro atoms. The summed E-state index contributed by atoms with van der Waals surface area (Å²) in [5.41, 5.74) is 8.78. The lowest BCUT2D eigenvalue weighted by atomic mass is 9.91. The van der Waals surface area contributed by atoms with E-state index in [9.17, 15) is 4.79 Å². The van der Waals surface area contributed by atoms with Crippen LogP contribution in [0.4, 0.5) is 0 Å². The summed E-state index contributed by atoms with van der Waals surface area (Å²) in [4.78, 5) is 20.6. The van der Waals surface area contributed by atoms with Gasteiger partial charge in [0.1, 0.15) is 5.76 Å². The molecular formula is C25H22N4O2. The molecule has 6 nitrogen and oxygen atoms in total. The molecule has 1 N–H and O–H groups in total. The van der Waals surface area contributed by atoms with Gasteiger partial charge in [-0.1, -0.05) is 17.3 Å². The van der Waals surface area contributed by atoms with Gasteiger partial charge < -0.3 is 9.51 Å². The van der Waals surface area contributed by atoms with Crippen LogP contribution in [0, 0.1) is 20.8 Å². The SMILES string of the molecule is Cc1ccc2ncccc2c1-c1cc(-c2c(C)noc2C)cc2[nH]c(=O)n(C3CC3)c12. The van der Waals surface area contributed by atoms with Crippen molar-refractivity contribution in [1.29, 1.82) is 0 Å². The maximum absolute atomic E-state index is 12.9. The topological polar surface area (TPSA) is 76.7 Å². The monoisotopic (exact) mass is 410 g/mol.